The second-order valence-corrected chi connectivity index (χ2v) is 6.90. The minimum Gasteiger partial charge on any atom is -0.484 e. The number of nitrogens with one attached hydrogen (secondary N) is 2. The number of hydrogen-bond donors (Lipinski definition) is 2. The third-order valence-corrected chi connectivity index (χ3v) is 4.62. The van der Waals surface area contributed by atoms with Crippen LogP contribution in [0.25, 0.3) is 5.95 Å². The normalized spacial score (nSPS) is 12.6. The van der Waals surface area contributed by atoms with Gasteiger partial charge in [-0.25, -0.2) is 4.98 Å². The van der Waals surface area contributed by atoms with E-state index in [9.17, 15) is 9.59 Å². The number of hydrogen-bond acceptors (Lipinski definition) is 5. The Balaban J connectivity index is 1.52. The topological polar surface area (TPSA) is 102 Å². The minimum absolute atomic E-state index is 0.137. The van der Waals surface area contributed by atoms with Gasteiger partial charge >= 0.3 is 0 Å². The van der Waals surface area contributed by atoms with Crippen LogP contribution in [0, 0.1) is 13.8 Å². The summed E-state index contributed by atoms with van der Waals surface area (Å²) in [5.74, 6) is 1.02. The zero-order valence-electron chi connectivity index (χ0n) is 15.8. The van der Waals surface area contributed by atoms with Gasteiger partial charge in [-0.2, -0.15) is 9.78 Å². The first-order valence-corrected chi connectivity index (χ1v) is 9.18. The van der Waals surface area contributed by atoms with E-state index in [1.54, 1.807) is 13.0 Å². The number of rotatable bonds is 5. The Labute approximate surface area is 161 Å². The van der Waals surface area contributed by atoms with Crippen molar-refractivity contribution < 1.29 is 9.53 Å². The van der Waals surface area contributed by atoms with Crippen molar-refractivity contribution >= 4 is 11.7 Å². The zero-order chi connectivity index (χ0) is 19.7. The van der Waals surface area contributed by atoms with Crippen molar-refractivity contribution in [2.75, 3.05) is 11.9 Å². The highest BCUT2D eigenvalue weighted by atomic mass is 16.5. The number of carbonyl (C=O) groups excluding carboxylic acids is 1. The van der Waals surface area contributed by atoms with E-state index >= 15 is 0 Å². The number of amides is 1. The number of benzene rings is 1. The molecular formula is C20H21N5O3. The van der Waals surface area contributed by atoms with Crippen molar-refractivity contribution in [1.29, 1.82) is 0 Å². The monoisotopic (exact) mass is 379 g/mol. The van der Waals surface area contributed by atoms with Crippen molar-refractivity contribution in [1.82, 2.24) is 19.7 Å². The van der Waals surface area contributed by atoms with Crippen molar-refractivity contribution in [3.8, 4) is 11.7 Å². The van der Waals surface area contributed by atoms with Gasteiger partial charge in [0.05, 0.1) is 11.4 Å². The lowest BCUT2D eigenvalue weighted by molar-refractivity contribution is -0.118. The number of aromatic amines is 1. The van der Waals surface area contributed by atoms with E-state index in [4.69, 9.17) is 4.74 Å². The van der Waals surface area contributed by atoms with E-state index in [1.807, 2.05) is 31.2 Å². The second kappa shape index (κ2) is 7.30. The summed E-state index contributed by atoms with van der Waals surface area (Å²) in [4.78, 5) is 31.9. The highest BCUT2D eigenvalue weighted by Gasteiger charge is 2.20. The number of aryl methyl sites for hydroxylation is 3. The molecule has 0 atom stereocenters. The van der Waals surface area contributed by atoms with Crippen LogP contribution in [0.5, 0.6) is 5.75 Å². The molecule has 28 heavy (non-hydrogen) atoms. The van der Waals surface area contributed by atoms with Crippen LogP contribution in [-0.4, -0.2) is 32.3 Å². The van der Waals surface area contributed by atoms with E-state index in [2.05, 4.69) is 20.4 Å². The third-order valence-electron chi connectivity index (χ3n) is 4.62. The highest BCUT2D eigenvalue weighted by Crippen LogP contribution is 2.19. The highest BCUT2D eigenvalue weighted by molar-refractivity contribution is 5.91. The van der Waals surface area contributed by atoms with Crippen LogP contribution in [-0.2, 0) is 17.6 Å². The molecule has 2 aromatic heterocycles. The number of nitrogens with zero attached hydrogens (tertiary/aromatic N) is 3. The van der Waals surface area contributed by atoms with E-state index in [0.29, 0.717) is 23.2 Å². The van der Waals surface area contributed by atoms with Crippen LogP contribution in [0.3, 0.4) is 0 Å². The van der Waals surface area contributed by atoms with E-state index in [1.165, 1.54) is 4.68 Å². The second-order valence-electron chi connectivity index (χ2n) is 6.90. The van der Waals surface area contributed by atoms with Crippen LogP contribution in [0.1, 0.15) is 28.9 Å². The molecule has 0 bridgehead atoms. The molecular weight excluding hydrogens is 358 g/mol. The van der Waals surface area contributed by atoms with Gasteiger partial charge in [-0.3, -0.25) is 14.6 Å². The first kappa shape index (κ1) is 18.0. The van der Waals surface area contributed by atoms with Crippen LogP contribution in [0.2, 0.25) is 0 Å². The number of H-pyrrole nitrogens is 1. The summed E-state index contributed by atoms with van der Waals surface area (Å²) in [6.45, 7) is 3.65. The predicted molar refractivity (Wildman–Crippen MR) is 104 cm³/mol. The van der Waals surface area contributed by atoms with Gasteiger partial charge in [0.15, 0.2) is 6.61 Å². The molecule has 144 valence electrons. The summed E-state index contributed by atoms with van der Waals surface area (Å²) in [5.41, 5.74) is 3.20. The summed E-state index contributed by atoms with van der Waals surface area (Å²) in [5, 5.41) is 7.13. The van der Waals surface area contributed by atoms with Crippen LogP contribution in [0.15, 0.2) is 35.1 Å². The number of aromatic nitrogens is 4. The molecule has 8 nitrogen and oxygen atoms in total. The standard InChI is InChI=1S/C20H21N5O3/c1-12-6-8-14(9-7-12)28-11-18(26)22-17-10-13(2)24-25(17)20-21-16-5-3-4-15(16)19(27)23-20/h6-10H,3-5,11H2,1-2H3,(H,22,26)(H,21,23,27). The summed E-state index contributed by atoms with van der Waals surface area (Å²) in [6.07, 6.45) is 2.45. The average molecular weight is 379 g/mol. The Morgan fingerprint density at radius 3 is 2.82 bits per heavy atom. The molecule has 1 aliphatic carbocycles. The molecule has 0 aliphatic heterocycles. The molecule has 0 radical (unpaired) electrons. The molecule has 8 heteroatoms. The zero-order valence-corrected chi connectivity index (χ0v) is 15.8. The van der Waals surface area contributed by atoms with Crippen LogP contribution < -0.4 is 15.6 Å². The van der Waals surface area contributed by atoms with Gasteiger partial charge in [-0.05, 0) is 45.2 Å². The molecule has 0 unspecified atom stereocenters. The number of ether oxygens (including phenoxy) is 1. The summed E-state index contributed by atoms with van der Waals surface area (Å²) in [7, 11) is 0. The molecule has 2 N–H and O–H groups in total. The molecule has 1 aromatic carbocycles. The smallest absolute Gasteiger partial charge is 0.263 e. The Bertz CT molecular complexity index is 1080. The number of fused-ring (bicyclic) bond motifs is 1. The fourth-order valence-electron chi connectivity index (χ4n) is 3.24. The van der Waals surface area contributed by atoms with Crippen molar-refractivity contribution in [3.05, 3.63) is 63.2 Å². The van der Waals surface area contributed by atoms with Gasteiger partial charge in [-0.15, -0.1) is 0 Å². The van der Waals surface area contributed by atoms with Crippen molar-refractivity contribution in [2.24, 2.45) is 0 Å². The molecule has 0 spiro atoms. The van der Waals surface area contributed by atoms with Gasteiger partial charge in [0, 0.05) is 11.6 Å². The minimum atomic E-state index is -0.328. The molecule has 1 aliphatic rings. The van der Waals surface area contributed by atoms with Crippen molar-refractivity contribution in [2.45, 2.75) is 33.1 Å². The summed E-state index contributed by atoms with van der Waals surface area (Å²) >= 11 is 0. The maximum absolute atomic E-state index is 12.3. The van der Waals surface area contributed by atoms with Gasteiger partial charge in [0.1, 0.15) is 11.6 Å². The molecule has 4 rings (SSSR count). The molecule has 0 fully saturated rings. The van der Waals surface area contributed by atoms with E-state index in [0.717, 1.165) is 36.1 Å². The molecule has 3 aromatic rings. The fourth-order valence-corrected chi connectivity index (χ4v) is 3.24. The van der Waals surface area contributed by atoms with Gasteiger partial charge in [0.25, 0.3) is 11.5 Å². The Kier molecular flexibility index (Phi) is 4.68. The maximum Gasteiger partial charge on any atom is 0.263 e. The quantitative estimate of drug-likeness (QED) is 0.707. The number of carbonyl (C=O) groups is 1. The molecule has 1 amide bonds. The summed E-state index contributed by atoms with van der Waals surface area (Å²) < 4.78 is 6.96. The third kappa shape index (κ3) is 3.66. The van der Waals surface area contributed by atoms with Gasteiger partial charge in [-0.1, -0.05) is 17.7 Å². The SMILES string of the molecule is Cc1ccc(OCC(=O)Nc2cc(C)nn2-c2nc3c(c(=O)[nH]2)CCC3)cc1. The summed E-state index contributed by atoms with van der Waals surface area (Å²) in [6, 6.07) is 9.19. The van der Waals surface area contributed by atoms with Crippen molar-refractivity contribution in [3.63, 3.8) is 0 Å². The van der Waals surface area contributed by atoms with E-state index in [-0.39, 0.29) is 18.1 Å². The Hall–Kier alpha value is -3.42. The molecule has 0 saturated heterocycles. The lowest BCUT2D eigenvalue weighted by atomic mass is 10.2. The fraction of sp³-hybridized carbons (Fsp3) is 0.300. The lowest BCUT2D eigenvalue weighted by Gasteiger charge is -2.10. The number of anilines is 1. The largest absolute Gasteiger partial charge is 0.484 e. The average Bonchev–Trinajstić information content (AvgIpc) is 3.28. The Morgan fingerprint density at radius 2 is 2.04 bits per heavy atom. The molecule has 0 saturated carbocycles. The van der Waals surface area contributed by atoms with Crippen LogP contribution in [0.4, 0.5) is 5.82 Å². The first-order valence-electron chi connectivity index (χ1n) is 9.18. The van der Waals surface area contributed by atoms with Gasteiger partial charge < -0.3 is 10.1 Å². The van der Waals surface area contributed by atoms with Crippen LogP contribution >= 0.6 is 0 Å². The molecule has 2 heterocycles. The Morgan fingerprint density at radius 1 is 1.25 bits per heavy atom. The van der Waals surface area contributed by atoms with E-state index < -0.39 is 0 Å². The lowest BCUT2D eigenvalue weighted by Crippen LogP contribution is -2.24. The maximum atomic E-state index is 12.3. The predicted octanol–water partition coefficient (Wildman–Crippen LogP) is 2.08. The first-order chi connectivity index (χ1) is 13.5. The van der Waals surface area contributed by atoms with Gasteiger partial charge in [0.2, 0.25) is 5.95 Å².